The number of hydrogen-bond acceptors (Lipinski definition) is 3. The van der Waals surface area contributed by atoms with Crippen molar-refractivity contribution in [3.05, 3.63) is 29.8 Å². The van der Waals surface area contributed by atoms with Crippen molar-refractivity contribution in [1.82, 2.24) is 0 Å². The topological polar surface area (TPSA) is 78.9 Å². The third kappa shape index (κ3) is 3.31. The Morgan fingerprint density at radius 2 is 1.72 bits per heavy atom. The van der Waals surface area contributed by atoms with Crippen molar-refractivity contribution in [2.75, 3.05) is 5.32 Å². The molecule has 1 aromatic carbocycles. The molecule has 0 fully saturated rings. The number of rotatable bonds is 3. The Bertz CT molecular complexity index is 475. The van der Waals surface area contributed by atoms with Crippen LogP contribution in [0.25, 0.3) is 0 Å². The van der Waals surface area contributed by atoms with E-state index in [1.807, 2.05) is 26.0 Å². The van der Waals surface area contributed by atoms with Crippen LogP contribution in [0.1, 0.15) is 33.3 Å². The molecule has 0 aliphatic rings. The zero-order chi connectivity index (χ0) is 14.0. The average Bonchev–Trinajstić information content (AvgIpc) is 2.28. The minimum Gasteiger partial charge on any atom is -0.325 e. The minimum atomic E-state index is -0.912. The van der Waals surface area contributed by atoms with E-state index in [0.29, 0.717) is 5.69 Å². The van der Waals surface area contributed by atoms with Gasteiger partial charge in [-0.15, -0.1) is 0 Å². The number of nitrogens with one attached hydrogen (secondary N) is 1. The lowest BCUT2D eigenvalue weighted by molar-refractivity contribution is -0.120. The molecular formula is C14H19N3O. The first kappa shape index (κ1) is 14.2. The summed E-state index contributed by atoms with van der Waals surface area (Å²) in [7, 11) is 0. The second-order valence-electron chi connectivity index (χ2n) is 5.49. The van der Waals surface area contributed by atoms with E-state index < -0.39 is 11.0 Å². The lowest BCUT2D eigenvalue weighted by Gasteiger charge is -2.19. The molecule has 1 amide bonds. The van der Waals surface area contributed by atoms with Crippen LogP contribution in [0.15, 0.2) is 24.3 Å². The summed E-state index contributed by atoms with van der Waals surface area (Å²) in [6.07, 6.45) is 0. The molecule has 0 saturated carbocycles. The Morgan fingerprint density at radius 1 is 1.22 bits per heavy atom. The van der Waals surface area contributed by atoms with Gasteiger partial charge in [0.2, 0.25) is 5.91 Å². The SMILES string of the molecule is CC(C)(N)C(=O)Nc1ccc(C(C)(C)C#N)cc1. The molecule has 4 heteroatoms. The van der Waals surface area contributed by atoms with Gasteiger partial charge in [0.05, 0.1) is 17.0 Å². The number of hydrogen-bond donors (Lipinski definition) is 2. The van der Waals surface area contributed by atoms with Crippen LogP contribution in [0, 0.1) is 11.3 Å². The van der Waals surface area contributed by atoms with Crippen LogP contribution in [-0.2, 0) is 10.2 Å². The minimum absolute atomic E-state index is 0.241. The number of amides is 1. The highest BCUT2D eigenvalue weighted by Gasteiger charge is 2.22. The third-order valence-electron chi connectivity index (χ3n) is 2.73. The Morgan fingerprint density at radius 3 is 2.11 bits per heavy atom. The molecule has 3 N–H and O–H groups in total. The van der Waals surface area contributed by atoms with Crippen LogP contribution in [0.5, 0.6) is 0 Å². The van der Waals surface area contributed by atoms with Gasteiger partial charge in [0.15, 0.2) is 0 Å². The molecule has 0 heterocycles. The molecule has 0 unspecified atom stereocenters. The Labute approximate surface area is 108 Å². The van der Waals surface area contributed by atoms with E-state index >= 15 is 0 Å². The normalized spacial score (nSPS) is 11.8. The summed E-state index contributed by atoms with van der Waals surface area (Å²) in [5.74, 6) is -0.241. The smallest absolute Gasteiger partial charge is 0.243 e. The molecule has 0 radical (unpaired) electrons. The molecule has 96 valence electrons. The molecule has 4 nitrogen and oxygen atoms in total. The fourth-order valence-corrected chi connectivity index (χ4v) is 1.33. The zero-order valence-corrected chi connectivity index (χ0v) is 11.2. The van der Waals surface area contributed by atoms with Gasteiger partial charge in [-0.25, -0.2) is 0 Å². The molecule has 1 rings (SSSR count). The van der Waals surface area contributed by atoms with Gasteiger partial charge in [-0.3, -0.25) is 4.79 Å². The van der Waals surface area contributed by atoms with Gasteiger partial charge in [-0.2, -0.15) is 5.26 Å². The fourth-order valence-electron chi connectivity index (χ4n) is 1.33. The number of nitrogens with two attached hydrogens (primary N) is 1. The molecule has 0 aliphatic heterocycles. The summed E-state index contributed by atoms with van der Waals surface area (Å²) in [4.78, 5) is 11.7. The van der Waals surface area contributed by atoms with Crippen molar-refractivity contribution in [2.45, 2.75) is 38.6 Å². The van der Waals surface area contributed by atoms with Gasteiger partial charge in [0.1, 0.15) is 0 Å². The van der Waals surface area contributed by atoms with Crippen molar-refractivity contribution in [1.29, 1.82) is 5.26 Å². The van der Waals surface area contributed by atoms with Crippen molar-refractivity contribution >= 4 is 11.6 Å². The van der Waals surface area contributed by atoms with E-state index in [4.69, 9.17) is 11.0 Å². The molecule has 0 aliphatic carbocycles. The molecule has 0 bridgehead atoms. The lowest BCUT2D eigenvalue weighted by Crippen LogP contribution is -2.45. The van der Waals surface area contributed by atoms with Crippen molar-refractivity contribution < 1.29 is 4.79 Å². The lowest BCUT2D eigenvalue weighted by atomic mass is 9.86. The Kier molecular flexibility index (Phi) is 3.78. The fraction of sp³-hybridized carbons (Fsp3) is 0.429. The summed E-state index contributed by atoms with van der Waals surface area (Å²) in [6, 6.07) is 9.46. The maximum absolute atomic E-state index is 11.7. The van der Waals surface area contributed by atoms with Crippen molar-refractivity contribution in [2.24, 2.45) is 5.73 Å². The quantitative estimate of drug-likeness (QED) is 0.856. The van der Waals surface area contributed by atoms with Crippen molar-refractivity contribution in [3.63, 3.8) is 0 Å². The molecule has 0 aromatic heterocycles. The van der Waals surface area contributed by atoms with E-state index in [0.717, 1.165) is 5.56 Å². The monoisotopic (exact) mass is 245 g/mol. The summed E-state index contributed by atoms with van der Waals surface area (Å²) < 4.78 is 0. The van der Waals surface area contributed by atoms with E-state index in [-0.39, 0.29) is 5.91 Å². The predicted molar refractivity (Wildman–Crippen MR) is 72.0 cm³/mol. The van der Waals surface area contributed by atoms with Gasteiger partial charge < -0.3 is 11.1 Å². The number of nitriles is 1. The first-order chi connectivity index (χ1) is 8.16. The zero-order valence-electron chi connectivity index (χ0n) is 11.2. The molecule has 0 saturated heterocycles. The number of nitrogens with zero attached hydrogens (tertiary/aromatic N) is 1. The molecular weight excluding hydrogens is 226 g/mol. The van der Waals surface area contributed by atoms with Gasteiger partial charge in [-0.05, 0) is 45.4 Å². The second kappa shape index (κ2) is 4.79. The van der Waals surface area contributed by atoms with E-state index in [1.165, 1.54) is 0 Å². The van der Waals surface area contributed by atoms with Gasteiger partial charge in [0.25, 0.3) is 0 Å². The van der Waals surface area contributed by atoms with Gasteiger partial charge in [-0.1, -0.05) is 12.1 Å². The molecule has 18 heavy (non-hydrogen) atoms. The standard InChI is InChI=1S/C14H19N3O/c1-13(2,9-15)10-5-7-11(8-6-10)17-12(18)14(3,4)16/h5-8H,16H2,1-4H3,(H,17,18). The highest BCUT2D eigenvalue weighted by molar-refractivity contribution is 5.97. The van der Waals surface area contributed by atoms with Crippen LogP contribution < -0.4 is 11.1 Å². The summed E-state index contributed by atoms with van der Waals surface area (Å²) in [6.45, 7) is 7.00. The molecule has 0 spiro atoms. The van der Waals surface area contributed by atoms with E-state index in [1.54, 1.807) is 26.0 Å². The third-order valence-corrected chi connectivity index (χ3v) is 2.73. The molecule has 1 aromatic rings. The van der Waals surface area contributed by atoms with Crippen LogP contribution in [0.4, 0.5) is 5.69 Å². The number of carbonyl (C=O) groups excluding carboxylic acids is 1. The Hall–Kier alpha value is -1.86. The van der Waals surface area contributed by atoms with Crippen LogP contribution in [0.3, 0.4) is 0 Å². The first-order valence-corrected chi connectivity index (χ1v) is 5.79. The average molecular weight is 245 g/mol. The van der Waals surface area contributed by atoms with Crippen LogP contribution >= 0.6 is 0 Å². The van der Waals surface area contributed by atoms with E-state index in [9.17, 15) is 4.79 Å². The number of carbonyl (C=O) groups is 1. The maximum atomic E-state index is 11.7. The highest BCUT2D eigenvalue weighted by Crippen LogP contribution is 2.23. The first-order valence-electron chi connectivity index (χ1n) is 5.79. The Balaban J connectivity index is 2.86. The largest absolute Gasteiger partial charge is 0.325 e. The van der Waals surface area contributed by atoms with Crippen molar-refractivity contribution in [3.8, 4) is 6.07 Å². The predicted octanol–water partition coefficient (Wildman–Crippen LogP) is 2.16. The second-order valence-corrected chi connectivity index (χ2v) is 5.49. The summed E-state index contributed by atoms with van der Waals surface area (Å²) >= 11 is 0. The maximum Gasteiger partial charge on any atom is 0.243 e. The van der Waals surface area contributed by atoms with E-state index in [2.05, 4.69) is 11.4 Å². The van der Waals surface area contributed by atoms with Gasteiger partial charge in [0, 0.05) is 5.69 Å². The number of benzene rings is 1. The summed E-state index contributed by atoms with van der Waals surface area (Å²) in [5, 5.41) is 11.8. The van der Waals surface area contributed by atoms with Crippen LogP contribution in [0.2, 0.25) is 0 Å². The highest BCUT2D eigenvalue weighted by atomic mass is 16.2. The summed E-state index contributed by atoms with van der Waals surface area (Å²) in [5.41, 5.74) is 5.84. The number of anilines is 1. The molecule has 0 atom stereocenters. The van der Waals surface area contributed by atoms with Crippen LogP contribution in [-0.4, -0.2) is 11.4 Å². The van der Waals surface area contributed by atoms with Gasteiger partial charge >= 0.3 is 0 Å².